The van der Waals surface area contributed by atoms with Crippen molar-refractivity contribution in [2.24, 2.45) is 0 Å². The topological polar surface area (TPSA) is 71.1 Å². The summed E-state index contributed by atoms with van der Waals surface area (Å²) in [6.45, 7) is 1.97. The summed E-state index contributed by atoms with van der Waals surface area (Å²) in [5.41, 5.74) is 3.12. The van der Waals surface area contributed by atoms with E-state index in [2.05, 4.69) is 15.6 Å². The lowest BCUT2D eigenvalue weighted by Gasteiger charge is -2.13. The van der Waals surface area contributed by atoms with Crippen LogP contribution in [0.3, 0.4) is 0 Å². The number of fused-ring (bicyclic) bond motifs is 1. The van der Waals surface area contributed by atoms with Crippen LogP contribution in [0, 0.1) is 0 Å². The molecule has 32 heavy (non-hydrogen) atoms. The highest BCUT2D eigenvalue weighted by Gasteiger charge is 2.12. The van der Waals surface area contributed by atoms with Gasteiger partial charge in [0.1, 0.15) is 0 Å². The Morgan fingerprint density at radius 2 is 1.81 bits per heavy atom. The van der Waals surface area contributed by atoms with Gasteiger partial charge >= 0.3 is 0 Å². The molecule has 8 heteroatoms. The number of amides is 2. The Morgan fingerprint density at radius 1 is 1.06 bits per heavy atom. The van der Waals surface area contributed by atoms with Gasteiger partial charge in [-0.25, -0.2) is 4.98 Å². The fourth-order valence-corrected chi connectivity index (χ4v) is 5.13. The first-order valence-electron chi connectivity index (χ1n) is 9.92. The summed E-state index contributed by atoms with van der Waals surface area (Å²) in [6, 6.07) is 22.1. The van der Waals surface area contributed by atoms with Crippen molar-refractivity contribution in [3.8, 4) is 0 Å². The van der Waals surface area contributed by atoms with Crippen molar-refractivity contribution in [2.45, 2.75) is 17.3 Å². The van der Waals surface area contributed by atoms with E-state index in [1.54, 1.807) is 24.3 Å². The second-order valence-corrected chi connectivity index (χ2v) is 9.80. The number of nitrogens with one attached hydrogen (secondary N) is 2. The summed E-state index contributed by atoms with van der Waals surface area (Å²) >= 11 is 8.78. The Morgan fingerprint density at radius 3 is 2.56 bits per heavy atom. The number of hydrogen-bond acceptors (Lipinski definition) is 5. The molecule has 5 nitrogen and oxygen atoms in total. The molecule has 0 radical (unpaired) electrons. The third-order valence-corrected chi connectivity index (χ3v) is 7.15. The predicted octanol–water partition coefficient (Wildman–Crippen LogP) is 6.17. The number of carbonyl (C=O) groups is 2. The SMILES string of the molecule is CC(NC(=O)CSc1nc2ccc(NC(=O)c3ccc(Cl)cc3)cc2s1)c1ccccc1. The quantitative estimate of drug-likeness (QED) is 0.309. The third kappa shape index (κ3) is 5.68. The lowest BCUT2D eigenvalue weighted by atomic mass is 10.1. The van der Waals surface area contributed by atoms with Crippen molar-refractivity contribution >= 4 is 62.4 Å². The zero-order valence-corrected chi connectivity index (χ0v) is 19.6. The van der Waals surface area contributed by atoms with Crippen molar-refractivity contribution in [1.82, 2.24) is 10.3 Å². The number of thiazole rings is 1. The Bertz CT molecular complexity index is 1240. The first kappa shape index (κ1) is 22.3. The van der Waals surface area contributed by atoms with Crippen LogP contribution in [0.1, 0.15) is 28.9 Å². The van der Waals surface area contributed by atoms with Gasteiger partial charge in [0.25, 0.3) is 5.91 Å². The molecule has 1 heterocycles. The van der Waals surface area contributed by atoms with Gasteiger partial charge in [-0.3, -0.25) is 9.59 Å². The summed E-state index contributed by atoms with van der Waals surface area (Å²) in [7, 11) is 0. The van der Waals surface area contributed by atoms with E-state index in [0.29, 0.717) is 16.3 Å². The smallest absolute Gasteiger partial charge is 0.255 e. The van der Waals surface area contributed by atoms with Gasteiger partial charge in [0.05, 0.1) is 22.0 Å². The van der Waals surface area contributed by atoms with Crippen molar-refractivity contribution in [3.05, 3.63) is 88.9 Å². The number of nitrogens with zero attached hydrogens (tertiary/aromatic N) is 1. The van der Waals surface area contributed by atoms with E-state index in [0.717, 1.165) is 20.1 Å². The number of halogens is 1. The molecule has 0 saturated heterocycles. The molecule has 0 aliphatic rings. The summed E-state index contributed by atoms with van der Waals surface area (Å²) in [4.78, 5) is 29.3. The zero-order valence-electron chi connectivity index (χ0n) is 17.2. The van der Waals surface area contributed by atoms with Gasteiger partial charge in [-0.1, -0.05) is 53.7 Å². The summed E-state index contributed by atoms with van der Waals surface area (Å²) in [5, 5.41) is 6.49. The zero-order chi connectivity index (χ0) is 22.5. The highest BCUT2D eigenvalue weighted by atomic mass is 35.5. The van der Waals surface area contributed by atoms with Crippen LogP contribution in [0.4, 0.5) is 5.69 Å². The largest absolute Gasteiger partial charge is 0.349 e. The van der Waals surface area contributed by atoms with Crippen LogP contribution >= 0.6 is 34.7 Å². The van der Waals surface area contributed by atoms with Gasteiger partial charge < -0.3 is 10.6 Å². The predicted molar refractivity (Wildman–Crippen MR) is 133 cm³/mol. The number of hydrogen-bond donors (Lipinski definition) is 2. The Labute approximate surface area is 199 Å². The first-order valence-corrected chi connectivity index (χ1v) is 12.1. The van der Waals surface area contributed by atoms with Crippen LogP contribution in [-0.2, 0) is 4.79 Å². The Hall–Kier alpha value is -2.87. The number of anilines is 1. The minimum atomic E-state index is -0.204. The molecule has 3 aromatic carbocycles. The second-order valence-electron chi connectivity index (χ2n) is 7.11. The maximum atomic E-state index is 12.4. The molecule has 1 unspecified atom stereocenters. The van der Waals surface area contributed by atoms with Crippen molar-refractivity contribution in [3.63, 3.8) is 0 Å². The standard InChI is InChI=1S/C24H20ClN3O2S2/c1-15(16-5-3-2-4-6-16)26-22(29)14-31-24-28-20-12-11-19(13-21(20)32-24)27-23(30)17-7-9-18(25)10-8-17/h2-13,15H,14H2,1H3,(H,26,29)(H,27,30). The lowest BCUT2D eigenvalue weighted by molar-refractivity contribution is -0.119. The molecule has 0 bridgehead atoms. The fraction of sp³-hybridized carbons (Fsp3) is 0.125. The van der Waals surface area contributed by atoms with Gasteiger partial charge in [-0.05, 0) is 55.0 Å². The average molecular weight is 482 g/mol. The molecule has 4 rings (SSSR count). The molecule has 162 valence electrons. The Balaban J connectivity index is 1.36. The summed E-state index contributed by atoms with van der Waals surface area (Å²) < 4.78 is 1.75. The number of aromatic nitrogens is 1. The molecule has 0 aliphatic carbocycles. The highest BCUT2D eigenvalue weighted by Crippen LogP contribution is 2.31. The van der Waals surface area contributed by atoms with Gasteiger partial charge in [-0.2, -0.15) is 0 Å². The molecule has 4 aromatic rings. The van der Waals surface area contributed by atoms with Crippen LogP contribution in [0.2, 0.25) is 5.02 Å². The minimum Gasteiger partial charge on any atom is -0.349 e. The average Bonchev–Trinajstić information content (AvgIpc) is 3.21. The molecule has 0 spiro atoms. The molecular weight excluding hydrogens is 462 g/mol. The van der Waals surface area contributed by atoms with Crippen molar-refractivity contribution in [2.75, 3.05) is 11.1 Å². The van der Waals surface area contributed by atoms with Crippen LogP contribution in [0.15, 0.2) is 77.1 Å². The highest BCUT2D eigenvalue weighted by molar-refractivity contribution is 8.01. The molecular formula is C24H20ClN3O2S2. The number of thioether (sulfide) groups is 1. The van der Waals surface area contributed by atoms with E-state index in [-0.39, 0.29) is 23.6 Å². The number of carbonyl (C=O) groups excluding carboxylic acids is 2. The van der Waals surface area contributed by atoms with Gasteiger partial charge in [0, 0.05) is 16.3 Å². The fourth-order valence-electron chi connectivity index (χ4n) is 3.08. The molecule has 2 N–H and O–H groups in total. The summed E-state index contributed by atoms with van der Waals surface area (Å²) in [5.74, 6) is 0.0443. The molecule has 1 atom stereocenters. The van der Waals surface area contributed by atoms with Gasteiger partial charge in [-0.15, -0.1) is 11.3 Å². The first-order chi connectivity index (χ1) is 15.5. The van der Waals surface area contributed by atoms with Gasteiger partial charge in [0.2, 0.25) is 5.91 Å². The monoisotopic (exact) mass is 481 g/mol. The summed E-state index contributed by atoms with van der Waals surface area (Å²) in [6.07, 6.45) is 0. The van der Waals surface area contributed by atoms with Crippen molar-refractivity contribution in [1.29, 1.82) is 0 Å². The lowest BCUT2D eigenvalue weighted by Crippen LogP contribution is -2.28. The number of rotatable bonds is 7. The molecule has 2 amide bonds. The maximum absolute atomic E-state index is 12.4. The van der Waals surface area contributed by atoms with E-state index in [1.165, 1.54) is 23.1 Å². The van der Waals surface area contributed by atoms with E-state index < -0.39 is 0 Å². The van der Waals surface area contributed by atoms with Crippen LogP contribution in [0.25, 0.3) is 10.2 Å². The molecule has 0 aliphatic heterocycles. The normalized spacial score (nSPS) is 11.8. The molecule has 0 fully saturated rings. The maximum Gasteiger partial charge on any atom is 0.255 e. The molecule has 0 saturated carbocycles. The minimum absolute atomic E-state index is 0.0403. The second kappa shape index (κ2) is 10.2. The number of benzene rings is 3. The molecule has 1 aromatic heterocycles. The van der Waals surface area contributed by atoms with Crippen molar-refractivity contribution < 1.29 is 9.59 Å². The van der Waals surface area contributed by atoms with E-state index in [4.69, 9.17) is 11.6 Å². The van der Waals surface area contributed by atoms with Crippen LogP contribution < -0.4 is 10.6 Å². The van der Waals surface area contributed by atoms with E-state index >= 15 is 0 Å². The van der Waals surface area contributed by atoms with Gasteiger partial charge in [0.15, 0.2) is 4.34 Å². The van der Waals surface area contributed by atoms with Crippen LogP contribution in [-0.4, -0.2) is 22.6 Å². The third-order valence-electron chi connectivity index (χ3n) is 4.74. The van der Waals surface area contributed by atoms with E-state index in [1.807, 2.05) is 55.5 Å². The Kier molecular flexibility index (Phi) is 7.09. The van der Waals surface area contributed by atoms with E-state index in [9.17, 15) is 9.59 Å². The van der Waals surface area contributed by atoms with Crippen LogP contribution in [0.5, 0.6) is 0 Å².